The van der Waals surface area contributed by atoms with Crippen LogP contribution in [-0.2, 0) is 4.79 Å². The van der Waals surface area contributed by atoms with Crippen molar-refractivity contribution >= 4 is 5.91 Å². The van der Waals surface area contributed by atoms with Crippen LogP contribution in [0.4, 0.5) is 0 Å². The molecule has 2 rings (SSSR count). The molecule has 2 fully saturated rings. The molecule has 1 saturated carbocycles. The first-order chi connectivity index (χ1) is 9.20. The minimum Gasteiger partial charge on any atom is -0.344 e. The molecule has 4 heteroatoms. The number of hydrogen-bond donors (Lipinski definition) is 2. The normalized spacial score (nSPS) is 22.7. The monoisotopic (exact) mass is 263 g/mol. The Balaban J connectivity index is 1.66. The quantitative estimate of drug-likeness (QED) is 0.689. The van der Waals surface area contributed by atoms with E-state index in [0.29, 0.717) is 12.6 Å². The van der Waals surface area contributed by atoms with Crippen molar-refractivity contribution in [1.29, 1.82) is 0 Å². The average molecular weight is 263 g/mol. The summed E-state index contributed by atoms with van der Waals surface area (Å²) in [6.07, 6.45) is 10.2. The molecule has 2 aliphatic rings. The fourth-order valence-electron chi connectivity index (χ4n) is 2.60. The maximum absolute atomic E-state index is 11.8. The van der Waals surface area contributed by atoms with Crippen LogP contribution in [0.15, 0.2) is 0 Å². The van der Waals surface area contributed by atoms with Gasteiger partial charge < -0.3 is 10.6 Å². The molecule has 1 amide bonds. The Morgan fingerprint density at radius 2 is 2.05 bits per heavy atom. The van der Waals surface area contributed by atoms with E-state index in [0.717, 1.165) is 31.8 Å². The average Bonchev–Trinajstić information content (AvgIpc) is 3.26. The molecule has 4 nitrogen and oxygen atoms in total. The highest BCUT2D eigenvalue weighted by molar-refractivity contribution is 5.81. The van der Waals surface area contributed by atoms with Crippen molar-refractivity contribution in [2.75, 3.05) is 26.2 Å². The van der Waals surface area contributed by atoms with E-state index in [1.807, 2.05) is 6.92 Å². The van der Waals surface area contributed by atoms with E-state index in [1.165, 1.54) is 19.4 Å². The smallest absolute Gasteiger partial charge is 0.237 e. The number of carbonyl (C=O) groups excluding carboxylic acids is 1. The lowest BCUT2D eigenvalue weighted by Crippen LogP contribution is -2.51. The lowest BCUT2D eigenvalue weighted by atomic mass is 10.0. The molecule has 1 unspecified atom stereocenters. The molecular weight excluding hydrogens is 238 g/mol. The number of nitrogens with zero attached hydrogens (tertiary/aromatic N) is 1. The van der Waals surface area contributed by atoms with Crippen molar-refractivity contribution in [2.45, 2.75) is 44.7 Å². The highest BCUT2D eigenvalue weighted by atomic mass is 16.2. The van der Waals surface area contributed by atoms with Crippen molar-refractivity contribution in [3.05, 3.63) is 0 Å². The third kappa shape index (κ3) is 4.52. The summed E-state index contributed by atoms with van der Waals surface area (Å²) in [6.45, 7) is 5.45. The molecule has 0 aromatic rings. The number of terminal acetylenes is 1. The molecule has 0 aromatic carbocycles. The van der Waals surface area contributed by atoms with E-state index < -0.39 is 0 Å². The summed E-state index contributed by atoms with van der Waals surface area (Å²) >= 11 is 0. The van der Waals surface area contributed by atoms with Gasteiger partial charge in [-0.05, 0) is 45.1 Å². The fraction of sp³-hybridized carbons (Fsp3) is 0.800. The lowest BCUT2D eigenvalue weighted by molar-refractivity contribution is -0.126. The highest BCUT2D eigenvalue weighted by Gasteiger charge is 2.27. The molecule has 1 atom stereocenters. The standard InChI is InChI=1S/C15H25N3O/c1-3-8-16-15(19)12(2)18-9-6-14(7-10-18)17-11-13-4-5-13/h1,12-14,17H,4-11H2,2H3,(H,16,19). The van der Waals surface area contributed by atoms with Gasteiger partial charge in [-0.2, -0.15) is 0 Å². The van der Waals surface area contributed by atoms with Gasteiger partial charge >= 0.3 is 0 Å². The van der Waals surface area contributed by atoms with Crippen LogP contribution in [0.3, 0.4) is 0 Å². The minimum absolute atomic E-state index is 0.0438. The van der Waals surface area contributed by atoms with Crippen LogP contribution in [-0.4, -0.2) is 49.1 Å². The SMILES string of the molecule is C#CCNC(=O)C(C)N1CCC(NCC2CC2)CC1. The van der Waals surface area contributed by atoms with Gasteiger partial charge in [0.25, 0.3) is 0 Å². The van der Waals surface area contributed by atoms with Crippen molar-refractivity contribution in [2.24, 2.45) is 5.92 Å². The number of likely N-dealkylation sites (tertiary alicyclic amines) is 1. The van der Waals surface area contributed by atoms with Gasteiger partial charge in [-0.15, -0.1) is 6.42 Å². The molecular formula is C15H25N3O. The van der Waals surface area contributed by atoms with Gasteiger partial charge in [0.2, 0.25) is 5.91 Å². The Bertz CT molecular complexity index is 338. The van der Waals surface area contributed by atoms with E-state index in [2.05, 4.69) is 21.5 Å². The van der Waals surface area contributed by atoms with Gasteiger partial charge in [-0.25, -0.2) is 0 Å². The summed E-state index contributed by atoms with van der Waals surface area (Å²) in [7, 11) is 0. The number of carbonyl (C=O) groups is 1. The molecule has 1 aliphatic heterocycles. The Kier molecular flexibility index (Phi) is 5.24. The van der Waals surface area contributed by atoms with E-state index in [-0.39, 0.29) is 11.9 Å². The zero-order valence-electron chi connectivity index (χ0n) is 11.8. The number of nitrogens with one attached hydrogen (secondary N) is 2. The van der Waals surface area contributed by atoms with Crippen molar-refractivity contribution < 1.29 is 4.79 Å². The summed E-state index contributed by atoms with van der Waals surface area (Å²) < 4.78 is 0. The third-order valence-electron chi connectivity index (χ3n) is 4.21. The number of rotatable bonds is 6. The Labute approximate surface area is 116 Å². The number of hydrogen-bond acceptors (Lipinski definition) is 3. The predicted molar refractivity (Wildman–Crippen MR) is 76.6 cm³/mol. The van der Waals surface area contributed by atoms with Gasteiger partial charge in [-0.1, -0.05) is 5.92 Å². The van der Waals surface area contributed by atoms with Gasteiger partial charge in [0.05, 0.1) is 12.6 Å². The molecule has 0 radical (unpaired) electrons. The summed E-state index contributed by atoms with van der Waals surface area (Å²) in [5.74, 6) is 3.42. The van der Waals surface area contributed by atoms with Gasteiger partial charge in [0, 0.05) is 19.1 Å². The van der Waals surface area contributed by atoms with Crippen LogP contribution in [0.5, 0.6) is 0 Å². The van der Waals surface area contributed by atoms with Gasteiger partial charge in [0.15, 0.2) is 0 Å². The van der Waals surface area contributed by atoms with E-state index >= 15 is 0 Å². The second-order valence-corrected chi connectivity index (χ2v) is 5.76. The first-order valence-electron chi connectivity index (χ1n) is 7.39. The van der Waals surface area contributed by atoms with Gasteiger partial charge in [0.1, 0.15) is 0 Å². The Morgan fingerprint density at radius 3 is 2.63 bits per heavy atom. The zero-order chi connectivity index (χ0) is 13.7. The van der Waals surface area contributed by atoms with Crippen molar-refractivity contribution in [3.8, 4) is 12.3 Å². The summed E-state index contributed by atoms with van der Waals surface area (Å²) in [5.41, 5.74) is 0. The van der Waals surface area contributed by atoms with E-state index in [9.17, 15) is 4.79 Å². The Hall–Kier alpha value is -1.05. The largest absolute Gasteiger partial charge is 0.344 e. The number of piperidine rings is 1. The minimum atomic E-state index is -0.0715. The van der Waals surface area contributed by atoms with E-state index in [1.54, 1.807) is 0 Å². The maximum atomic E-state index is 11.8. The van der Waals surface area contributed by atoms with Crippen LogP contribution in [0.25, 0.3) is 0 Å². The summed E-state index contributed by atoms with van der Waals surface area (Å²) in [4.78, 5) is 14.1. The molecule has 0 spiro atoms. The van der Waals surface area contributed by atoms with Crippen molar-refractivity contribution in [1.82, 2.24) is 15.5 Å². The zero-order valence-corrected chi connectivity index (χ0v) is 11.8. The van der Waals surface area contributed by atoms with E-state index in [4.69, 9.17) is 6.42 Å². The topological polar surface area (TPSA) is 44.4 Å². The Morgan fingerprint density at radius 1 is 1.37 bits per heavy atom. The molecule has 19 heavy (non-hydrogen) atoms. The third-order valence-corrected chi connectivity index (χ3v) is 4.21. The molecule has 106 valence electrons. The first kappa shape index (κ1) is 14.4. The van der Waals surface area contributed by atoms with Gasteiger partial charge in [-0.3, -0.25) is 9.69 Å². The summed E-state index contributed by atoms with van der Waals surface area (Å²) in [6, 6.07) is 0.565. The summed E-state index contributed by atoms with van der Waals surface area (Å²) in [5, 5.41) is 6.41. The van der Waals surface area contributed by atoms with Crippen LogP contribution in [0.1, 0.15) is 32.6 Å². The lowest BCUT2D eigenvalue weighted by Gasteiger charge is -2.35. The number of amides is 1. The fourth-order valence-corrected chi connectivity index (χ4v) is 2.60. The van der Waals surface area contributed by atoms with Crippen LogP contribution < -0.4 is 10.6 Å². The van der Waals surface area contributed by atoms with Crippen LogP contribution in [0.2, 0.25) is 0 Å². The first-order valence-corrected chi connectivity index (χ1v) is 7.39. The second kappa shape index (κ2) is 6.93. The molecule has 0 bridgehead atoms. The highest BCUT2D eigenvalue weighted by Crippen LogP contribution is 2.28. The molecule has 1 aliphatic carbocycles. The predicted octanol–water partition coefficient (Wildman–Crippen LogP) is 0.588. The van der Waals surface area contributed by atoms with Crippen LogP contribution in [0, 0.1) is 18.3 Å². The molecule has 2 N–H and O–H groups in total. The molecule has 1 saturated heterocycles. The second-order valence-electron chi connectivity index (χ2n) is 5.76. The molecule has 1 heterocycles. The van der Waals surface area contributed by atoms with Crippen molar-refractivity contribution in [3.63, 3.8) is 0 Å². The maximum Gasteiger partial charge on any atom is 0.237 e. The van der Waals surface area contributed by atoms with Crippen LogP contribution >= 0.6 is 0 Å². The molecule has 0 aromatic heterocycles.